The molecular weight excluding hydrogens is 380 g/mol. The molecule has 2 aromatic carbocycles. The Labute approximate surface area is 166 Å². The quantitative estimate of drug-likeness (QED) is 0.646. The number of nitrogens with zero attached hydrogens (tertiary/aromatic N) is 1. The van der Waals surface area contributed by atoms with Gasteiger partial charge in [-0.1, -0.05) is 18.2 Å². The van der Waals surface area contributed by atoms with Gasteiger partial charge in [0.25, 0.3) is 10.0 Å². The van der Waals surface area contributed by atoms with Crippen LogP contribution in [0.4, 0.5) is 5.69 Å². The lowest BCUT2D eigenvalue weighted by Gasteiger charge is -2.25. The summed E-state index contributed by atoms with van der Waals surface area (Å²) in [5.41, 5.74) is 2.06. The molecule has 1 N–H and O–H groups in total. The Bertz CT molecular complexity index is 928. The Balaban J connectivity index is 2.48. The first-order chi connectivity index (χ1) is 13.3. The first-order valence-electron chi connectivity index (χ1n) is 8.79. The molecule has 0 saturated carbocycles. The Morgan fingerprint density at radius 1 is 1.07 bits per heavy atom. The van der Waals surface area contributed by atoms with Gasteiger partial charge in [0.05, 0.1) is 19.4 Å². The average Bonchev–Trinajstić information content (AvgIpc) is 2.66. The fourth-order valence-electron chi connectivity index (χ4n) is 2.68. The summed E-state index contributed by atoms with van der Waals surface area (Å²) in [7, 11) is -1.10. The van der Waals surface area contributed by atoms with E-state index in [4.69, 9.17) is 9.47 Å². The number of methoxy groups -OCH3 is 2. The summed E-state index contributed by atoms with van der Waals surface area (Å²) in [6.07, 6.45) is 0. The average molecular weight is 407 g/mol. The highest BCUT2D eigenvalue weighted by molar-refractivity contribution is 7.93. The van der Waals surface area contributed by atoms with Crippen molar-refractivity contribution in [2.75, 3.05) is 38.2 Å². The Kier molecular flexibility index (Phi) is 7.42. The number of sulfonamides is 1. The molecule has 0 aromatic heterocycles. The topological polar surface area (TPSA) is 84.9 Å². The number of benzene rings is 2. The number of anilines is 1. The van der Waals surface area contributed by atoms with Gasteiger partial charge in [0, 0.05) is 13.7 Å². The van der Waals surface area contributed by atoms with Crippen LogP contribution in [0.15, 0.2) is 47.4 Å². The van der Waals surface area contributed by atoms with Crippen molar-refractivity contribution in [2.24, 2.45) is 0 Å². The van der Waals surface area contributed by atoms with Gasteiger partial charge < -0.3 is 14.8 Å². The normalized spacial score (nSPS) is 11.1. The number of carbonyl (C=O) groups is 1. The van der Waals surface area contributed by atoms with Gasteiger partial charge >= 0.3 is 0 Å². The summed E-state index contributed by atoms with van der Waals surface area (Å²) in [5, 5.41) is 2.66. The number of hydrogen-bond donors (Lipinski definition) is 1. The smallest absolute Gasteiger partial charge is 0.268 e. The van der Waals surface area contributed by atoms with Crippen LogP contribution in [0.25, 0.3) is 0 Å². The Morgan fingerprint density at radius 2 is 1.79 bits per heavy atom. The number of rotatable bonds is 9. The standard InChI is InChI=1S/C20H26N2O5S/c1-15-6-5-7-17(12-15)22(14-20(23)21-10-11-26-3)28(24,25)19-13-16(2)8-9-18(19)27-4/h5-9,12-13H,10-11,14H2,1-4H3,(H,21,23). The predicted molar refractivity (Wildman–Crippen MR) is 108 cm³/mol. The molecule has 0 bridgehead atoms. The molecule has 0 aliphatic carbocycles. The van der Waals surface area contributed by atoms with Crippen molar-refractivity contribution in [3.63, 3.8) is 0 Å². The third-order valence-corrected chi connectivity index (χ3v) is 5.89. The molecule has 0 spiro atoms. The maximum atomic E-state index is 13.5. The molecule has 7 nitrogen and oxygen atoms in total. The van der Waals surface area contributed by atoms with E-state index in [0.29, 0.717) is 18.8 Å². The number of nitrogens with one attached hydrogen (secondary N) is 1. The molecule has 0 aliphatic heterocycles. The van der Waals surface area contributed by atoms with Crippen LogP contribution in [0, 0.1) is 13.8 Å². The molecule has 2 aromatic rings. The van der Waals surface area contributed by atoms with Gasteiger partial charge in [-0.3, -0.25) is 9.10 Å². The van der Waals surface area contributed by atoms with Crippen molar-refractivity contribution < 1.29 is 22.7 Å². The number of aryl methyl sites for hydroxylation is 2. The number of hydrogen-bond acceptors (Lipinski definition) is 5. The Morgan fingerprint density at radius 3 is 2.43 bits per heavy atom. The number of carbonyl (C=O) groups excluding carboxylic acids is 1. The fraction of sp³-hybridized carbons (Fsp3) is 0.350. The maximum Gasteiger partial charge on any atom is 0.268 e. The van der Waals surface area contributed by atoms with Gasteiger partial charge in [-0.2, -0.15) is 0 Å². The van der Waals surface area contributed by atoms with E-state index in [1.54, 1.807) is 43.3 Å². The van der Waals surface area contributed by atoms with E-state index in [1.807, 2.05) is 13.0 Å². The second-order valence-corrected chi connectivity index (χ2v) is 8.18. The van der Waals surface area contributed by atoms with Crippen LogP contribution in [0.2, 0.25) is 0 Å². The third-order valence-electron chi connectivity index (χ3n) is 4.09. The van der Waals surface area contributed by atoms with Crippen LogP contribution in [0.1, 0.15) is 11.1 Å². The van der Waals surface area contributed by atoms with Crippen molar-refractivity contribution in [1.82, 2.24) is 5.32 Å². The monoisotopic (exact) mass is 406 g/mol. The molecule has 0 unspecified atom stereocenters. The van der Waals surface area contributed by atoms with Crippen LogP contribution >= 0.6 is 0 Å². The lowest BCUT2D eigenvalue weighted by molar-refractivity contribution is -0.119. The zero-order valence-corrected chi connectivity index (χ0v) is 17.4. The van der Waals surface area contributed by atoms with E-state index < -0.39 is 15.9 Å². The summed E-state index contributed by atoms with van der Waals surface area (Å²) in [6.45, 7) is 3.94. The molecule has 28 heavy (non-hydrogen) atoms. The van der Waals surface area contributed by atoms with Crippen molar-refractivity contribution >= 4 is 21.6 Å². The van der Waals surface area contributed by atoms with Crippen molar-refractivity contribution in [2.45, 2.75) is 18.7 Å². The van der Waals surface area contributed by atoms with E-state index in [-0.39, 0.29) is 17.2 Å². The Hall–Kier alpha value is -2.58. The van der Waals surface area contributed by atoms with E-state index >= 15 is 0 Å². The van der Waals surface area contributed by atoms with E-state index in [9.17, 15) is 13.2 Å². The van der Waals surface area contributed by atoms with Gasteiger partial charge in [-0.25, -0.2) is 8.42 Å². The molecule has 0 saturated heterocycles. The van der Waals surface area contributed by atoms with Crippen LogP contribution in [0.5, 0.6) is 5.75 Å². The minimum Gasteiger partial charge on any atom is -0.495 e. The number of amides is 1. The van der Waals surface area contributed by atoms with Crippen LogP contribution in [0.3, 0.4) is 0 Å². The summed E-state index contributed by atoms with van der Waals surface area (Å²) in [5.74, 6) is -0.197. The van der Waals surface area contributed by atoms with Crippen molar-refractivity contribution in [1.29, 1.82) is 0 Å². The maximum absolute atomic E-state index is 13.5. The predicted octanol–water partition coefficient (Wildman–Crippen LogP) is 2.27. The summed E-state index contributed by atoms with van der Waals surface area (Å²) < 4.78 is 38.2. The van der Waals surface area contributed by atoms with Crippen molar-refractivity contribution in [3.05, 3.63) is 53.6 Å². The summed E-state index contributed by atoms with van der Waals surface area (Å²) in [6, 6.07) is 11.9. The van der Waals surface area contributed by atoms with E-state index in [0.717, 1.165) is 15.4 Å². The molecule has 8 heteroatoms. The zero-order valence-electron chi connectivity index (χ0n) is 16.6. The molecule has 152 valence electrons. The van der Waals surface area contributed by atoms with E-state index in [1.165, 1.54) is 14.2 Å². The van der Waals surface area contributed by atoms with E-state index in [2.05, 4.69) is 5.32 Å². The minimum absolute atomic E-state index is 0.0150. The van der Waals surface area contributed by atoms with Gasteiger partial charge in [-0.05, 0) is 49.2 Å². The summed E-state index contributed by atoms with van der Waals surface area (Å²) in [4.78, 5) is 12.4. The van der Waals surface area contributed by atoms with Gasteiger partial charge in [-0.15, -0.1) is 0 Å². The molecule has 0 heterocycles. The summed E-state index contributed by atoms with van der Waals surface area (Å²) >= 11 is 0. The molecule has 0 aliphatic rings. The second kappa shape index (κ2) is 9.57. The third kappa shape index (κ3) is 5.24. The van der Waals surface area contributed by atoms with Gasteiger partial charge in [0.1, 0.15) is 17.2 Å². The highest BCUT2D eigenvalue weighted by Gasteiger charge is 2.30. The lowest BCUT2D eigenvalue weighted by atomic mass is 10.2. The first kappa shape index (κ1) is 21.7. The van der Waals surface area contributed by atoms with Gasteiger partial charge in [0.15, 0.2) is 0 Å². The largest absolute Gasteiger partial charge is 0.495 e. The highest BCUT2D eigenvalue weighted by Crippen LogP contribution is 2.31. The minimum atomic E-state index is -4.05. The molecule has 0 fully saturated rings. The van der Waals surface area contributed by atoms with Crippen LogP contribution < -0.4 is 14.4 Å². The van der Waals surface area contributed by atoms with Crippen LogP contribution in [-0.4, -0.2) is 48.2 Å². The molecule has 2 rings (SSSR count). The van der Waals surface area contributed by atoms with Gasteiger partial charge in [0.2, 0.25) is 5.91 Å². The molecular formula is C20H26N2O5S. The van der Waals surface area contributed by atoms with Crippen LogP contribution in [-0.2, 0) is 19.6 Å². The molecule has 0 radical (unpaired) electrons. The molecule has 1 amide bonds. The SMILES string of the molecule is COCCNC(=O)CN(c1cccc(C)c1)S(=O)(=O)c1cc(C)ccc1OC. The van der Waals surface area contributed by atoms with Crippen molar-refractivity contribution in [3.8, 4) is 5.75 Å². The first-order valence-corrected chi connectivity index (χ1v) is 10.2. The fourth-order valence-corrected chi connectivity index (χ4v) is 4.34. The lowest BCUT2D eigenvalue weighted by Crippen LogP contribution is -2.41. The highest BCUT2D eigenvalue weighted by atomic mass is 32.2. The second-order valence-electron chi connectivity index (χ2n) is 6.35. The number of ether oxygens (including phenoxy) is 2. The zero-order chi connectivity index (χ0) is 20.7. The molecule has 0 atom stereocenters.